The number of alkyl carbamates (subject to hydrolysis) is 1. The molecule has 1 rings (SSSR count). The number of carboxylic acids is 3. The number of hydrogen-bond donors (Lipinski definition) is 6. The lowest BCUT2D eigenvalue weighted by atomic mass is 10.1. The molecule has 0 fully saturated rings. The standard InChI is InChI=1S/C20H25N3O10/c24-15(8-9-21-20(32)33-11-12-4-2-1-3-5-12)23-14(19(30)31)10-16(25)22-13(18(28)29)6-7-17(26)27/h1-5,13-14H,6-11H2,(H,21,32)(H,22,25)(H,23,24)(H,26,27)(H,28,29)(H,30,31). The molecule has 6 N–H and O–H groups in total. The van der Waals surface area contributed by atoms with Crippen molar-refractivity contribution in [2.45, 2.75) is 44.4 Å². The Morgan fingerprint density at radius 3 is 2.00 bits per heavy atom. The minimum atomic E-state index is -1.66. The molecule has 0 heterocycles. The van der Waals surface area contributed by atoms with E-state index in [1.165, 1.54) is 0 Å². The van der Waals surface area contributed by atoms with E-state index in [-0.39, 0.29) is 19.6 Å². The van der Waals surface area contributed by atoms with Crippen LogP contribution in [0.5, 0.6) is 0 Å². The van der Waals surface area contributed by atoms with E-state index in [9.17, 15) is 33.9 Å². The van der Waals surface area contributed by atoms with Crippen LogP contribution in [0.4, 0.5) is 4.79 Å². The van der Waals surface area contributed by atoms with Gasteiger partial charge in [-0.3, -0.25) is 14.4 Å². The Balaban J connectivity index is 2.42. The number of carboxylic acid groups (broad SMARTS) is 3. The van der Waals surface area contributed by atoms with Crippen molar-refractivity contribution in [1.82, 2.24) is 16.0 Å². The minimum Gasteiger partial charge on any atom is -0.481 e. The largest absolute Gasteiger partial charge is 0.481 e. The maximum absolute atomic E-state index is 12.0. The van der Waals surface area contributed by atoms with E-state index in [1.807, 2.05) is 5.32 Å². The SMILES string of the molecule is O=C(O)CCC(NC(=O)CC(NC(=O)CCNC(=O)OCc1ccccc1)C(=O)O)C(=O)O. The second-order valence-electron chi connectivity index (χ2n) is 6.79. The quantitative estimate of drug-likeness (QED) is 0.210. The molecule has 2 unspecified atom stereocenters. The van der Waals surface area contributed by atoms with E-state index >= 15 is 0 Å². The van der Waals surface area contributed by atoms with Gasteiger partial charge in [0, 0.05) is 19.4 Å². The summed E-state index contributed by atoms with van der Waals surface area (Å²) in [4.78, 5) is 68.6. The van der Waals surface area contributed by atoms with Crippen LogP contribution in [0, 0.1) is 0 Å². The number of benzene rings is 1. The molecule has 33 heavy (non-hydrogen) atoms. The first kappa shape index (κ1) is 26.9. The van der Waals surface area contributed by atoms with Gasteiger partial charge >= 0.3 is 24.0 Å². The molecule has 3 amide bonds. The van der Waals surface area contributed by atoms with E-state index in [2.05, 4.69) is 10.6 Å². The molecule has 0 spiro atoms. The maximum Gasteiger partial charge on any atom is 0.407 e. The predicted octanol–water partition coefficient (Wildman–Crippen LogP) is -0.303. The fraction of sp³-hybridized carbons (Fsp3) is 0.400. The molecule has 0 saturated heterocycles. The summed E-state index contributed by atoms with van der Waals surface area (Å²) in [5.74, 6) is -6.05. The van der Waals surface area contributed by atoms with Crippen LogP contribution >= 0.6 is 0 Å². The summed E-state index contributed by atoms with van der Waals surface area (Å²) in [6, 6.07) is 5.69. The van der Waals surface area contributed by atoms with Gasteiger partial charge in [-0.1, -0.05) is 30.3 Å². The molecule has 0 saturated carbocycles. The average Bonchev–Trinajstić information content (AvgIpc) is 2.75. The molecule has 0 aliphatic carbocycles. The first-order valence-electron chi connectivity index (χ1n) is 9.79. The van der Waals surface area contributed by atoms with Crippen molar-refractivity contribution < 1.29 is 48.8 Å². The third kappa shape index (κ3) is 11.7. The molecular formula is C20H25N3O10. The van der Waals surface area contributed by atoms with Gasteiger partial charge in [0.1, 0.15) is 18.7 Å². The van der Waals surface area contributed by atoms with Crippen LogP contribution in [-0.2, 0) is 35.3 Å². The zero-order chi connectivity index (χ0) is 24.8. The van der Waals surface area contributed by atoms with Crippen molar-refractivity contribution in [2.75, 3.05) is 6.54 Å². The van der Waals surface area contributed by atoms with Crippen LogP contribution in [0.3, 0.4) is 0 Å². The Hall–Kier alpha value is -4.16. The summed E-state index contributed by atoms with van der Waals surface area (Å²) in [6.45, 7) is -0.132. The van der Waals surface area contributed by atoms with Crippen molar-refractivity contribution in [3.8, 4) is 0 Å². The fourth-order valence-corrected chi connectivity index (χ4v) is 2.48. The lowest BCUT2D eigenvalue weighted by Gasteiger charge is -2.17. The molecular weight excluding hydrogens is 442 g/mol. The third-order valence-electron chi connectivity index (χ3n) is 4.14. The third-order valence-corrected chi connectivity index (χ3v) is 4.14. The zero-order valence-electron chi connectivity index (χ0n) is 17.5. The van der Waals surface area contributed by atoms with Gasteiger partial charge in [0.05, 0.1) is 6.42 Å². The molecule has 1 aromatic rings. The second-order valence-corrected chi connectivity index (χ2v) is 6.79. The van der Waals surface area contributed by atoms with Gasteiger partial charge in [0.2, 0.25) is 11.8 Å². The van der Waals surface area contributed by atoms with Crippen LogP contribution in [0.15, 0.2) is 30.3 Å². The van der Waals surface area contributed by atoms with Gasteiger partial charge in [-0.25, -0.2) is 14.4 Å². The topological polar surface area (TPSA) is 208 Å². The smallest absolute Gasteiger partial charge is 0.407 e. The van der Waals surface area contributed by atoms with Crippen LogP contribution in [-0.4, -0.2) is 69.8 Å². The van der Waals surface area contributed by atoms with Crippen molar-refractivity contribution in [1.29, 1.82) is 0 Å². The number of aliphatic carboxylic acids is 3. The van der Waals surface area contributed by atoms with E-state index in [4.69, 9.17) is 14.9 Å². The molecule has 2 atom stereocenters. The Labute approximate surface area is 188 Å². The van der Waals surface area contributed by atoms with Gasteiger partial charge in [-0.15, -0.1) is 0 Å². The molecule has 1 aromatic carbocycles. The zero-order valence-corrected chi connectivity index (χ0v) is 17.5. The highest BCUT2D eigenvalue weighted by atomic mass is 16.5. The van der Waals surface area contributed by atoms with Crippen molar-refractivity contribution in [3.63, 3.8) is 0 Å². The number of rotatable bonds is 14. The monoisotopic (exact) mass is 467 g/mol. The lowest BCUT2D eigenvalue weighted by Crippen LogP contribution is -2.47. The first-order chi connectivity index (χ1) is 15.6. The molecule has 0 radical (unpaired) electrons. The van der Waals surface area contributed by atoms with Gasteiger partial charge in [-0.05, 0) is 12.0 Å². The number of ether oxygens (including phenoxy) is 1. The highest BCUT2D eigenvalue weighted by molar-refractivity contribution is 5.90. The molecule has 0 aromatic heterocycles. The van der Waals surface area contributed by atoms with E-state index in [1.54, 1.807) is 30.3 Å². The molecule has 13 nitrogen and oxygen atoms in total. The summed E-state index contributed by atoms with van der Waals surface area (Å²) >= 11 is 0. The second kappa shape index (κ2) is 14.0. The van der Waals surface area contributed by atoms with Gasteiger partial charge in [0.25, 0.3) is 0 Å². The van der Waals surface area contributed by atoms with Crippen molar-refractivity contribution >= 4 is 35.8 Å². The fourth-order valence-electron chi connectivity index (χ4n) is 2.48. The maximum atomic E-state index is 12.0. The summed E-state index contributed by atoms with van der Waals surface area (Å²) in [7, 11) is 0. The van der Waals surface area contributed by atoms with E-state index < -0.39 is 67.2 Å². The van der Waals surface area contributed by atoms with Gasteiger partial charge in [-0.2, -0.15) is 0 Å². The van der Waals surface area contributed by atoms with Crippen molar-refractivity contribution in [2.24, 2.45) is 0 Å². The highest BCUT2D eigenvalue weighted by Crippen LogP contribution is 2.02. The molecule has 13 heteroatoms. The number of amides is 3. The summed E-state index contributed by atoms with van der Waals surface area (Å²) in [6.07, 6.45) is -2.77. The number of nitrogens with one attached hydrogen (secondary N) is 3. The highest BCUT2D eigenvalue weighted by Gasteiger charge is 2.26. The minimum absolute atomic E-state index is 0.0267. The average molecular weight is 467 g/mol. The Bertz CT molecular complexity index is 859. The Morgan fingerprint density at radius 1 is 0.818 bits per heavy atom. The number of carbonyl (C=O) groups is 6. The predicted molar refractivity (Wildman–Crippen MR) is 110 cm³/mol. The summed E-state index contributed by atoms with van der Waals surface area (Å²) in [5.41, 5.74) is 0.765. The Morgan fingerprint density at radius 2 is 1.42 bits per heavy atom. The molecule has 0 bridgehead atoms. The lowest BCUT2D eigenvalue weighted by molar-refractivity contribution is -0.145. The first-order valence-corrected chi connectivity index (χ1v) is 9.79. The molecule has 180 valence electrons. The van der Waals surface area contributed by atoms with Gasteiger partial charge < -0.3 is 36.0 Å². The summed E-state index contributed by atoms with van der Waals surface area (Å²) in [5, 5.41) is 33.3. The number of carbonyl (C=O) groups excluding carboxylic acids is 3. The van der Waals surface area contributed by atoms with E-state index in [0.717, 1.165) is 5.56 Å². The normalized spacial score (nSPS) is 12.0. The number of hydrogen-bond acceptors (Lipinski definition) is 7. The van der Waals surface area contributed by atoms with Crippen LogP contribution in [0.25, 0.3) is 0 Å². The van der Waals surface area contributed by atoms with Crippen LogP contribution in [0.2, 0.25) is 0 Å². The summed E-state index contributed by atoms with van der Waals surface area (Å²) < 4.78 is 4.96. The van der Waals surface area contributed by atoms with Crippen LogP contribution < -0.4 is 16.0 Å². The molecule has 0 aliphatic heterocycles. The van der Waals surface area contributed by atoms with Crippen LogP contribution in [0.1, 0.15) is 31.2 Å². The van der Waals surface area contributed by atoms with Crippen molar-refractivity contribution in [3.05, 3.63) is 35.9 Å². The van der Waals surface area contributed by atoms with Gasteiger partial charge in [0.15, 0.2) is 0 Å². The Kier molecular flexibility index (Phi) is 11.4. The van der Waals surface area contributed by atoms with E-state index in [0.29, 0.717) is 0 Å². The molecule has 0 aliphatic rings.